The molecule has 0 amide bonds. The smallest absolute Gasteiger partial charge is 0.245 e. The molecule has 0 aliphatic carbocycles. The average Bonchev–Trinajstić information content (AvgIpc) is 2.24. The SMILES string of the molecule is CCCCOCCOC([SiH3])(OCC)OCC. The van der Waals surface area contributed by atoms with Crippen LogP contribution in [0.25, 0.3) is 0 Å². The Balaban J connectivity index is 3.59. The minimum absolute atomic E-state index is 0.521. The molecule has 0 atom stereocenters. The summed E-state index contributed by atoms with van der Waals surface area (Å²) >= 11 is 0. The number of rotatable bonds is 11. The van der Waals surface area contributed by atoms with Gasteiger partial charge in [-0.2, -0.15) is 0 Å². The Kier molecular flexibility index (Phi) is 10.3. The van der Waals surface area contributed by atoms with Crippen molar-refractivity contribution in [1.82, 2.24) is 0 Å². The summed E-state index contributed by atoms with van der Waals surface area (Å²) < 4.78 is 21.9. The van der Waals surface area contributed by atoms with Crippen LogP contribution in [0.3, 0.4) is 0 Å². The van der Waals surface area contributed by atoms with Crippen molar-refractivity contribution in [2.24, 2.45) is 0 Å². The van der Waals surface area contributed by atoms with Crippen molar-refractivity contribution in [2.45, 2.75) is 39.2 Å². The Morgan fingerprint density at radius 1 is 0.875 bits per heavy atom. The first-order valence-corrected chi connectivity index (χ1v) is 7.18. The molecule has 0 aromatic heterocycles. The van der Waals surface area contributed by atoms with Gasteiger partial charge in [0.1, 0.15) is 10.2 Å². The second kappa shape index (κ2) is 10.2. The Labute approximate surface area is 102 Å². The summed E-state index contributed by atoms with van der Waals surface area (Å²) in [7, 11) is 0.685. The van der Waals surface area contributed by atoms with Crippen LogP contribution < -0.4 is 0 Å². The third-order valence-electron chi connectivity index (χ3n) is 2.05. The van der Waals surface area contributed by atoms with Gasteiger partial charge in [0.05, 0.1) is 13.2 Å². The van der Waals surface area contributed by atoms with E-state index in [-0.39, 0.29) is 0 Å². The Morgan fingerprint density at radius 2 is 1.50 bits per heavy atom. The highest BCUT2D eigenvalue weighted by atomic mass is 28.1. The molecule has 16 heavy (non-hydrogen) atoms. The highest BCUT2D eigenvalue weighted by Gasteiger charge is 2.24. The van der Waals surface area contributed by atoms with Gasteiger partial charge >= 0.3 is 0 Å². The maximum Gasteiger partial charge on any atom is 0.245 e. The molecule has 0 aliphatic heterocycles. The molecule has 0 saturated heterocycles. The van der Waals surface area contributed by atoms with Crippen molar-refractivity contribution < 1.29 is 18.9 Å². The molecule has 0 saturated carbocycles. The molecule has 0 heterocycles. The molecule has 5 heteroatoms. The fraction of sp³-hybridized carbons (Fsp3) is 1.00. The van der Waals surface area contributed by atoms with Gasteiger partial charge in [0.15, 0.2) is 0 Å². The maximum absolute atomic E-state index is 5.58. The van der Waals surface area contributed by atoms with Gasteiger partial charge in [0.25, 0.3) is 0 Å². The lowest BCUT2D eigenvalue weighted by atomic mass is 10.4. The van der Waals surface area contributed by atoms with Crippen molar-refractivity contribution in [2.75, 3.05) is 33.0 Å². The standard InChI is InChI=1S/C11H26O4Si/c1-4-7-8-12-9-10-15-11(16,13-5-2)14-6-3/h4-10H2,1-3,16H3. The number of unbranched alkanes of at least 4 members (excludes halogenated alkanes) is 1. The fourth-order valence-electron chi connectivity index (χ4n) is 1.28. The highest BCUT2D eigenvalue weighted by Crippen LogP contribution is 2.10. The Hall–Kier alpha value is 0.0569. The topological polar surface area (TPSA) is 36.9 Å². The van der Waals surface area contributed by atoms with E-state index in [1.165, 1.54) is 0 Å². The van der Waals surface area contributed by atoms with E-state index in [4.69, 9.17) is 18.9 Å². The molecule has 0 unspecified atom stereocenters. The Morgan fingerprint density at radius 3 is 2.00 bits per heavy atom. The number of hydrogen-bond donors (Lipinski definition) is 0. The van der Waals surface area contributed by atoms with Gasteiger partial charge in [0.2, 0.25) is 5.60 Å². The molecular weight excluding hydrogens is 224 g/mol. The number of ether oxygens (including phenoxy) is 4. The van der Waals surface area contributed by atoms with Crippen molar-refractivity contribution >= 4 is 10.2 Å². The molecule has 0 bridgehead atoms. The second-order valence-corrected chi connectivity index (χ2v) is 4.77. The third kappa shape index (κ3) is 8.24. The van der Waals surface area contributed by atoms with Crippen molar-refractivity contribution in [3.63, 3.8) is 0 Å². The Bertz CT molecular complexity index is 149. The van der Waals surface area contributed by atoms with Crippen LogP contribution in [0, 0.1) is 0 Å². The predicted octanol–water partition coefficient (Wildman–Crippen LogP) is 0.869. The van der Waals surface area contributed by atoms with Crippen molar-refractivity contribution in [3.8, 4) is 0 Å². The van der Waals surface area contributed by atoms with E-state index in [1.54, 1.807) is 0 Å². The first-order valence-electron chi connectivity index (χ1n) is 6.18. The molecular formula is C11H26O4Si. The van der Waals surface area contributed by atoms with E-state index < -0.39 is 5.60 Å². The monoisotopic (exact) mass is 250 g/mol. The molecule has 0 fully saturated rings. The molecule has 0 spiro atoms. The van der Waals surface area contributed by atoms with Gasteiger partial charge in [-0.05, 0) is 20.3 Å². The summed E-state index contributed by atoms with van der Waals surface area (Å²) in [5.41, 5.74) is -0.794. The first kappa shape index (κ1) is 16.1. The van der Waals surface area contributed by atoms with Gasteiger partial charge in [-0.15, -0.1) is 0 Å². The third-order valence-corrected chi connectivity index (χ3v) is 2.91. The van der Waals surface area contributed by atoms with Crippen LogP contribution in [0.1, 0.15) is 33.6 Å². The molecule has 0 aromatic carbocycles. The lowest BCUT2D eigenvalue weighted by Crippen LogP contribution is -2.40. The largest absolute Gasteiger partial charge is 0.379 e. The van der Waals surface area contributed by atoms with Crippen molar-refractivity contribution in [3.05, 3.63) is 0 Å². The zero-order valence-electron chi connectivity index (χ0n) is 11.1. The maximum atomic E-state index is 5.58. The quantitative estimate of drug-likeness (QED) is 0.310. The zero-order valence-corrected chi connectivity index (χ0v) is 13.1. The summed E-state index contributed by atoms with van der Waals surface area (Å²) in [6.45, 7) is 9.14. The molecule has 4 nitrogen and oxygen atoms in total. The van der Waals surface area contributed by atoms with Crippen molar-refractivity contribution in [1.29, 1.82) is 0 Å². The molecule has 0 aliphatic rings. The molecule has 98 valence electrons. The lowest BCUT2D eigenvalue weighted by Gasteiger charge is -2.29. The van der Waals surface area contributed by atoms with Crippen LogP contribution >= 0.6 is 0 Å². The van der Waals surface area contributed by atoms with E-state index in [2.05, 4.69) is 6.92 Å². The minimum atomic E-state index is -0.794. The van der Waals surface area contributed by atoms with Gasteiger partial charge in [0, 0.05) is 19.8 Å². The van der Waals surface area contributed by atoms with Gasteiger partial charge < -0.3 is 18.9 Å². The second-order valence-electron chi connectivity index (χ2n) is 3.54. The molecule has 0 radical (unpaired) electrons. The van der Waals surface area contributed by atoms with E-state index in [0.717, 1.165) is 19.4 Å². The zero-order chi connectivity index (χ0) is 12.3. The van der Waals surface area contributed by atoms with Crippen LogP contribution in [0.2, 0.25) is 0 Å². The van der Waals surface area contributed by atoms with Crippen LogP contribution in [0.5, 0.6) is 0 Å². The van der Waals surface area contributed by atoms with Gasteiger partial charge in [-0.3, -0.25) is 0 Å². The summed E-state index contributed by atoms with van der Waals surface area (Å²) in [5.74, 6) is 0. The van der Waals surface area contributed by atoms with E-state index >= 15 is 0 Å². The predicted molar refractivity (Wildman–Crippen MR) is 67.6 cm³/mol. The normalized spacial score (nSPS) is 12.2. The van der Waals surface area contributed by atoms with Crippen LogP contribution in [0.4, 0.5) is 0 Å². The van der Waals surface area contributed by atoms with E-state index in [0.29, 0.717) is 36.7 Å². The average molecular weight is 250 g/mol. The van der Waals surface area contributed by atoms with E-state index in [1.807, 2.05) is 13.8 Å². The first-order chi connectivity index (χ1) is 7.68. The molecule has 0 aromatic rings. The summed E-state index contributed by atoms with van der Waals surface area (Å²) in [6.07, 6.45) is 2.26. The molecule has 0 rings (SSSR count). The number of hydrogen-bond acceptors (Lipinski definition) is 4. The minimum Gasteiger partial charge on any atom is -0.379 e. The highest BCUT2D eigenvalue weighted by molar-refractivity contribution is 6.12. The van der Waals surface area contributed by atoms with Crippen LogP contribution in [-0.4, -0.2) is 48.9 Å². The molecule has 0 N–H and O–H groups in total. The van der Waals surface area contributed by atoms with E-state index in [9.17, 15) is 0 Å². The lowest BCUT2D eigenvalue weighted by molar-refractivity contribution is -0.324. The van der Waals surface area contributed by atoms with Gasteiger partial charge in [-0.1, -0.05) is 13.3 Å². The fourth-order valence-corrected chi connectivity index (χ4v) is 2.07. The summed E-state index contributed by atoms with van der Waals surface area (Å²) in [4.78, 5) is 0. The van der Waals surface area contributed by atoms with Crippen LogP contribution in [0.15, 0.2) is 0 Å². The van der Waals surface area contributed by atoms with Gasteiger partial charge in [-0.25, -0.2) is 0 Å². The summed E-state index contributed by atoms with van der Waals surface area (Å²) in [6, 6.07) is 0. The van der Waals surface area contributed by atoms with Crippen LogP contribution in [-0.2, 0) is 18.9 Å². The summed E-state index contributed by atoms with van der Waals surface area (Å²) in [5, 5.41) is 0.